The number of hydrogen-bond acceptors (Lipinski definition) is 3. The van der Waals surface area contributed by atoms with Crippen LogP contribution in [0.3, 0.4) is 0 Å². The second kappa shape index (κ2) is 4.62. The summed E-state index contributed by atoms with van der Waals surface area (Å²) in [5.74, 6) is -0.531. The molecule has 0 fully saturated rings. The first kappa shape index (κ1) is 11.3. The second-order valence-corrected chi connectivity index (χ2v) is 3.98. The molecule has 14 heavy (non-hydrogen) atoms. The van der Waals surface area contributed by atoms with Gasteiger partial charge in [-0.3, -0.25) is 0 Å². The minimum absolute atomic E-state index is 0.224. The molecule has 0 amide bonds. The van der Waals surface area contributed by atoms with E-state index in [9.17, 15) is 4.79 Å². The van der Waals surface area contributed by atoms with Gasteiger partial charge in [0, 0.05) is 3.57 Å². The van der Waals surface area contributed by atoms with E-state index in [1.54, 1.807) is 0 Å². The monoisotopic (exact) mass is 321 g/mol. The fourth-order valence-electron chi connectivity index (χ4n) is 0.918. The Bertz CT molecular complexity index is 426. The molecule has 0 saturated carbocycles. The Kier molecular flexibility index (Phi) is 3.72. The van der Waals surface area contributed by atoms with Gasteiger partial charge in [0.1, 0.15) is 6.07 Å². The van der Waals surface area contributed by atoms with Crippen LogP contribution in [-0.2, 0) is 4.74 Å². The third-order valence-electron chi connectivity index (χ3n) is 1.59. The van der Waals surface area contributed by atoms with Crippen molar-refractivity contribution in [3.8, 4) is 6.07 Å². The number of halogens is 2. The van der Waals surface area contributed by atoms with Crippen molar-refractivity contribution in [2.45, 2.75) is 0 Å². The van der Waals surface area contributed by atoms with E-state index in [0.717, 1.165) is 0 Å². The van der Waals surface area contributed by atoms with Crippen LogP contribution in [0.15, 0.2) is 12.1 Å². The maximum atomic E-state index is 11.2. The highest BCUT2D eigenvalue weighted by Gasteiger charge is 2.14. The molecule has 0 aliphatic carbocycles. The Balaban J connectivity index is 3.36. The number of rotatable bonds is 1. The number of hydrogen-bond donors (Lipinski definition) is 0. The molecule has 0 radical (unpaired) electrons. The van der Waals surface area contributed by atoms with E-state index < -0.39 is 5.97 Å². The van der Waals surface area contributed by atoms with Crippen molar-refractivity contribution in [3.05, 3.63) is 31.9 Å². The van der Waals surface area contributed by atoms with Gasteiger partial charge in [-0.15, -0.1) is 0 Å². The maximum absolute atomic E-state index is 11.2. The van der Waals surface area contributed by atoms with Crippen LogP contribution in [0.25, 0.3) is 0 Å². The lowest BCUT2D eigenvalue weighted by Gasteiger charge is -2.03. The highest BCUT2D eigenvalue weighted by atomic mass is 127. The number of esters is 1. The summed E-state index contributed by atoms with van der Waals surface area (Å²) in [6.45, 7) is 0. The normalized spacial score (nSPS) is 9.29. The fourth-order valence-corrected chi connectivity index (χ4v) is 1.55. The van der Waals surface area contributed by atoms with Crippen molar-refractivity contribution in [1.29, 1.82) is 5.26 Å². The topological polar surface area (TPSA) is 50.1 Å². The van der Waals surface area contributed by atoms with E-state index in [4.69, 9.17) is 16.9 Å². The average Bonchev–Trinajstić information content (AvgIpc) is 2.20. The number of nitrogens with zero attached hydrogens (tertiary/aromatic N) is 1. The highest BCUT2D eigenvalue weighted by Crippen LogP contribution is 2.23. The van der Waals surface area contributed by atoms with Gasteiger partial charge in [-0.2, -0.15) is 5.26 Å². The summed E-state index contributed by atoms with van der Waals surface area (Å²) in [6, 6.07) is 4.88. The molecule has 1 rings (SSSR count). The third kappa shape index (κ3) is 2.16. The minimum Gasteiger partial charge on any atom is -0.465 e. The molecular weight excluding hydrogens is 316 g/mol. The molecule has 1 aromatic carbocycles. The van der Waals surface area contributed by atoms with Gasteiger partial charge in [0.05, 0.1) is 23.3 Å². The van der Waals surface area contributed by atoms with E-state index in [1.807, 2.05) is 28.7 Å². The van der Waals surface area contributed by atoms with Crippen molar-refractivity contribution in [3.63, 3.8) is 0 Å². The maximum Gasteiger partial charge on any atom is 0.339 e. The molecule has 0 aromatic heterocycles. The minimum atomic E-state index is -0.531. The Labute approximate surface area is 99.8 Å². The first-order chi connectivity index (χ1) is 6.60. The Morgan fingerprint density at radius 3 is 2.79 bits per heavy atom. The van der Waals surface area contributed by atoms with Gasteiger partial charge in [-0.25, -0.2) is 4.79 Å². The Morgan fingerprint density at radius 2 is 2.29 bits per heavy atom. The summed E-state index contributed by atoms with van der Waals surface area (Å²) < 4.78 is 5.25. The molecule has 0 heterocycles. The van der Waals surface area contributed by atoms with Crippen LogP contribution in [0.5, 0.6) is 0 Å². The highest BCUT2D eigenvalue weighted by molar-refractivity contribution is 14.1. The van der Waals surface area contributed by atoms with Crippen molar-refractivity contribution < 1.29 is 9.53 Å². The van der Waals surface area contributed by atoms with Gasteiger partial charge in [0.15, 0.2) is 0 Å². The molecule has 0 N–H and O–H groups in total. The molecule has 0 saturated heterocycles. The van der Waals surface area contributed by atoms with Crippen LogP contribution in [0, 0.1) is 14.9 Å². The van der Waals surface area contributed by atoms with E-state index in [-0.39, 0.29) is 11.1 Å². The summed E-state index contributed by atoms with van der Waals surface area (Å²) in [4.78, 5) is 11.2. The molecule has 0 aliphatic rings. The van der Waals surface area contributed by atoms with E-state index in [2.05, 4.69) is 4.74 Å². The number of benzene rings is 1. The van der Waals surface area contributed by atoms with Crippen molar-refractivity contribution in [1.82, 2.24) is 0 Å². The van der Waals surface area contributed by atoms with Crippen LogP contribution < -0.4 is 0 Å². The molecule has 3 nitrogen and oxygen atoms in total. The van der Waals surface area contributed by atoms with Gasteiger partial charge >= 0.3 is 5.97 Å². The smallest absolute Gasteiger partial charge is 0.339 e. The molecule has 0 aliphatic heterocycles. The predicted molar refractivity (Wildman–Crippen MR) is 60.2 cm³/mol. The standard InChI is InChI=1S/C9H5ClINO2/c1-14-9(13)6-3-8(11)7(10)2-5(6)4-12/h2-3H,1H3. The van der Waals surface area contributed by atoms with Crippen LogP contribution in [0.1, 0.15) is 15.9 Å². The van der Waals surface area contributed by atoms with Crippen LogP contribution in [0.2, 0.25) is 5.02 Å². The van der Waals surface area contributed by atoms with Crippen LogP contribution >= 0.6 is 34.2 Å². The summed E-state index contributed by atoms with van der Waals surface area (Å²) in [5.41, 5.74) is 0.464. The number of carbonyl (C=O) groups is 1. The average molecular weight is 322 g/mol. The zero-order valence-electron chi connectivity index (χ0n) is 7.17. The first-order valence-corrected chi connectivity index (χ1v) is 5.03. The van der Waals surface area contributed by atoms with Gasteiger partial charge in [-0.05, 0) is 34.7 Å². The summed E-state index contributed by atoms with van der Waals surface area (Å²) in [6.07, 6.45) is 0. The predicted octanol–water partition coefficient (Wildman–Crippen LogP) is 2.60. The van der Waals surface area contributed by atoms with Gasteiger partial charge in [0.25, 0.3) is 0 Å². The molecule has 72 valence electrons. The van der Waals surface area contributed by atoms with Crippen molar-refractivity contribution >= 4 is 40.2 Å². The first-order valence-electron chi connectivity index (χ1n) is 3.57. The fraction of sp³-hybridized carbons (Fsp3) is 0.111. The lowest BCUT2D eigenvalue weighted by molar-refractivity contribution is 0.0600. The molecular formula is C9H5ClINO2. The SMILES string of the molecule is COC(=O)c1cc(I)c(Cl)cc1C#N. The van der Waals surface area contributed by atoms with Crippen molar-refractivity contribution in [2.75, 3.05) is 7.11 Å². The quantitative estimate of drug-likeness (QED) is 0.590. The largest absolute Gasteiger partial charge is 0.465 e. The molecule has 1 aromatic rings. The zero-order chi connectivity index (χ0) is 10.7. The van der Waals surface area contributed by atoms with Gasteiger partial charge in [0.2, 0.25) is 0 Å². The van der Waals surface area contributed by atoms with Gasteiger partial charge in [-0.1, -0.05) is 11.6 Å². The summed E-state index contributed by atoms with van der Waals surface area (Å²) in [7, 11) is 1.27. The second-order valence-electron chi connectivity index (χ2n) is 2.42. The van der Waals surface area contributed by atoms with Crippen molar-refractivity contribution in [2.24, 2.45) is 0 Å². The molecule has 0 atom stereocenters. The lowest BCUT2D eigenvalue weighted by atomic mass is 10.1. The Morgan fingerprint density at radius 1 is 1.64 bits per heavy atom. The van der Waals surface area contributed by atoms with E-state index in [1.165, 1.54) is 19.2 Å². The summed E-state index contributed by atoms with van der Waals surface area (Å²) in [5, 5.41) is 9.21. The number of nitriles is 1. The van der Waals surface area contributed by atoms with Crippen LogP contribution in [-0.4, -0.2) is 13.1 Å². The molecule has 0 bridgehead atoms. The summed E-state index contributed by atoms with van der Waals surface area (Å²) >= 11 is 7.79. The van der Waals surface area contributed by atoms with Crippen LogP contribution in [0.4, 0.5) is 0 Å². The third-order valence-corrected chi connectivity index (χ3v) is 3.11. The molecule has 0 unspecified atom stereocenters. The van der Waals surface area contributed by atoms with E-state index >= 15 is 0 Å². The number of methoxy groups -OCH3 is 1. The zero-order valence-corrected chi connectivity index (χ0v) is 10.1. The number of carbonyl (C=O) groups excluding carboxylic acids is 1. The Hall–Kier alpha value is -0.800. The van der Waals surface area contributed by atoms with Gasteiger partial charge < -0.3 is 4.74 Å². The molecule has 0 spiro atoms. The number of ether oxygens (including phenoxy) is 1. The molecule has 5 heteroatoms. The van der Waals surface area contributed by atoms with E-state index in [0.29, 0.717) is 8.59 Å². The lowest BCUT2D eigenvalue weighted by Crippen LogP contribution is -2.04.